The first-order valence-corrected chi connectivity index (χ1v) is 7.11. The van der Waals surface area contributed by atoms with Crippen LogP contribution >= 0.6 is 0 Å². The highest BCUT2D eigenvalue weighted by Gasteiger charge is 2.38. The Bertz CT molecular complexity index is 273. The predicted molar refractivity (Wildman–Crippen MR) is 74.4 cm³/mol. The van der Waals surface area contributed by atoms with E-state index in [2.05, 4.69) is 26.1 Å². The van der Waals surface area contributed by atoms with Crippen molar-refractivity contribution >= 4 is 5.97 Å². The van der Waals surface area contributed by atoms with E-state index >= 15 is 0 Å². The van der Waals surface area contributed by atoms with Crippen LogP contribution in [0.4, 0.5) is 0 Å². The Morgan fingerprint density at radius 3 is 2.44 bits per heavy atom. The summed E-state index contributed by atoms with van der Waals surface area (Å²) in [7, 11) is 0. The molecule has 1 N–H and O–H groups in total. The van der Waals surface area contributed by atoms with Crippen molar-refractivity contribution in [3.63, 3.8) is 0 Å². The number of hydrogen-bond donors (Lipinski definition) is 1. The lowest BCUT2D eigenvalue weighted by Gasteiger charge is -2.35. The second-order valence-corrected chi connectivity index (χ2v) is 7.21. The SMILES string of the molecule is CC(C)(C)CCOC(=O)C(C)(C)C1CCCNC1. The molecule has 0 aromatic rings. The number of hydrogen-bond acceptors (Lipinski definition) is 3. The number of rotatable bonds is 4. The van der Waals surface area contributed by atoms with Crippen LogP contribution in [0.2, 0.25) is 0 Å². The molecule has 1 heterocycles. The zero-order valence-electron chi connectivity index (χ0n) is 12.6. The summed E-state index contributed by atoms with van der Waals surface area (Å²) in [5.74, 6) is 0.355. The smallest absolute Gasteiger partial charge is 0.311 e. The Balaban J connectivity index is 2.43. The van der Waals surface area contributed by atoms with Crippen molar-refractivity contribution in [3.8, 4) is 0 Å². The minimum absolute atomic E-state index is 0.0412. The van der Waals surface area contributed by atoms with Crippen molar-refractivity contribution in [1.82, 2.24) is 5.32 Å². The fraction of sp³-hybridized carbons (Fsp3) is 0.933. The summed E-state index contributed by atoms with van der Waals surface area (Å²) in [4.78, 5) is 12.2. The summed E-state index contributed by atoms with van der Waals surface area (Å²) in [5.41, 5.74) is -0.151. The molecule has 1 unspecified atom stereocenters. The Kier molecular flexibility index (Phi) is 5.20. The molecule has 1 atom stereocenters. The summed E-state index contributed by atoms with van der Waals surface area (Å²) < 4.78 is 5.47. The number of carbonyl (C=O) groups excluding carboxylic acids is 1. The first kappa shape index (κ1) is 15.5. The minimum Gasteiger partial charge on any atom is -0.465 e. The van der Waals surface area contributed by atoms with Crippen LogP contribution in [-0.2, 0) is 9.53 Å². The van der Waals surface area contributed by atoms with Crippen LogP contribution in [0.25, 0.3) is 0 Å². The van der Waals surface area contributed by atoms with E-state index in [4.69, 9.17) is 4.74 Å². The van der Waals surface area contributed by atoms with E-state index in [0.717, 1.165) is 32.4 Å². The van der Waals surface area contributed by atoms with Gasteiger partial charge in [0.1, 0.15) is 0 Å². The number of esters is 1. The third kappa shape index (κ3) is 4.60. The Hall–Kier alpha value is -0.570. The van der Waals surface area contributed by atoms with Crippen LogP contribution in [0.1, 0.15) is 53.9 Å². The van der Waals surface area contributed by atoms with Gasteiger partial charge in [-0.15, -0.1) is 0 Å². The van der Waals surface area contributed by atoms with Gasteiger partial charge >= 0.3 is 5.97 Å². The van der Waals surface area contributed by atoms with Gasteiger partial charge in [-0.1, -0.05) is 20.8 Å². The van der Waals surface area contributed by atoms with Crippen molar-refractivity contribution in [3.05, 3.63) is 0 Å². The molecule has 106 valence electrons. The Labute approximate surface area is 112 Å². The lowest BCUT2D eigenvalue weighted by atomic mass is 9.75. The van der Waals surface area contributed by atoms with Crippen molar-refractivity contribution in [2.45, 2.75) is 53.9 Å². The third-order valence-corrected chi connectivity index (χ3v) is 3.93. The molecule has 0 saturated carbocycles. The molecule has 0 aromatic carbocycles. The van der Waals surface area contributed by atoms with Crippen molar-refractivity contribution < 1.29 is 9.53 Å². The average Bonchev–Trinajstić information content (AvgIpc) is 2.28. The molecular weight excluding hydrogens is 226 g/mol. The van der Waals surface area contributed by atoms with E-state index in [1.54, 1.807) is 0 Å². The van der Waals surface area contributed by atoms with Gasteiger partial charge in [0.05, 0.1) is 12.0 Å². The first-order valence-electron chi connectivity index (χ1n) is 7.11. The van der Waals surface area contributed by atoms with Gasteiger partial charge in [-0.25, -0.2) is 0 Å². The molecule has 18 heavy (non-hydrogen) atoms. The van der Waals surface area contributed by atoms with Crippen molar-refractivity contribution in [1.29, 1.82) is 0 Å². The summed E-state index contributed by atoms with van der Waals surface area (Å²) in [6.07, 6.45) is 3.19. The normalized spacial score (nSPS) is 21.7. The predicted octanol–water partition coefficient (Wildman–Crippen LogP) is 2.99. The highest BCUT2D eigenvalue weighted by Crippen LogP contribution is 2.33. The molecule has 3 heteroatoms. The van der Waals surface area contributed by atoms with Gasteiger partial charge < -0.3 is 10.1 Å². The molecule has 0 aliphatic carbocycles. The van der Waals surface area contributed by atoms with Crippen molar-refractivity contribution in [2.75, 3.05) is 19.7 Å². The lowest BCUT2D eigenvalue weighted by molar-refractivity contribution is -0.158. The van der Waals surface area contributed by atoms with Gasteiger partial charge in [-0.05, 0) is 57.5 Å². The lowest BCUT2D eigenvalue weighted by Crippen LogP contribution is -2.43. The number of carbonyl (C=O) groups is 1. The molecule has 1 rings (SSSR count). The molecular formula is C15H29NO2. The molecule has 1 saturated heterocycles. The maximum atomic E-state index is 12.2. The van der Waals surface area contributed by atoms with E-state index in [1.165, 1.54) is 0 Å². The second kappa shape index (κ2) is 6.05. The molecule has 3 nitrogen and oxygen atoms in total. The fourth-order valence-corrected chi connectivity index (χ4v) is 2.27. The molecule has 0 bridgehead atoms. The Morgan fingerprint density at radius 2 is 1.94 bits per heavy atom. The van der Waals surface area contributed by atoms with Crippen LogP contribution in [0, 0.1) is 16.7 Å². The van der Waals surface area contributed by atoms with Gasteiger partial charge in [0.15, 0.2) is 0 Å². The van der Waals surface area contributed by atoms with Crippen LogP contribution < -0.4 is 5.32 Å². The summed E-state index contributed by atoms with van der Waals surface area (Å²) in [6, 6.07) is 0. The molecule has 0 radical (unpaired) electrons. The number of ether oxygens (including phenoxy) is 1. The zero-order valence-corrected chi connectivity index (χ0v) is 12.6. The number of nitrogens with one attached hydrogen (secondary N) is 1. The quantitative estimate of drug-likeness (QED) is 0.785. The molecule has 1 fully saturated rings. The van der Waals surface area contributed by atoms with E-state index in [-0.39, 0.29) is 16.8 Å². The van der Waals surface area contributed by atoms with Gasteiger partial charge in [0.2, 0.25) is 0 Å². The van der Waals surface area contributed by atoms with Crippen LogP contribution in [0.15, 0.2) is 0 Å². The molecule has 0 aromatic heterocycles. The topological polar surface area (TPSA) is 38.3 Å². The summed E-state index contributed by atoms with van der Waals surface area (Å²) in [6.45, 7) is 13.1. The van der Waals surface area contributed by atoms with Gasteiger partial charge in [0.25, 0.3) is 0 Å². The largest absolute Gasteiger partial charge is 0.465 e. The van der Waals surface area contributed by atoms with Gasteiger partial charge in [-0.3, -0.25) is 4.79 Å². The van der Waals surface area contributed by atoms with E-state index in [0.29, 0.717) is 12.5 Å². The van der Waals surface area contributed by atoms with E-state index in [9.17, 15) is 4.79 Å². The second-order valence-electron chi connectivity index (χ2n) is 7.21. The molecule has 1 aliphatic heterocycles. The molecule has 0 spiro atoms. The van der Waals surface area contributed by atoms with Crippen molar-refractivity contribution in [2.24, 2.45) is 16.7 Å². The van der Waals surface area contributed by atoms with Crippen LogP contribution in [0.3, 0.4) is 0 Å². The highest BCUT2D eigenvalue weighted by atomic mass is 16.5. The molecule has 0 amide bonds. The Morgan fingerprint density at radius 1 is 1.28 bits per heavy atom. The van der Waals surface area contributed by atoms with Gasteiger partial charge in [-0.2, -0.15) is 0 Å². The molecule has 1 aliphatic rings. The fourth-order valence-electron chi connectivity index (χ4n) is 2.27. The number of piperidine rings is 1. The van der Waals surface area contributed by atoms with E-state index < -0.39 is 0 Å². The average molecular weight is 255 g/mol. The standard InChI is InChI=1S/C15H29NO2/c1-14(2,3)8-10-18-13(17)15(4,5)12-7-6-9-16-11-12/h12,16H,6-11H2,1-5H3. The highest BCUT2D eigenvalue weighted by molar-refractivity contribution is 5.76. The monoisotopic (exact) mass is 255 g/mol. The first-order chi connectivity index (χ1) is 8.23. The summed E-state index contributed by atoms with van der Waals surface area (Å²) >= 11 is 0. The summed E-state index contributed by atoms with van der Waals surface area (Å²) in [5, 5.41) is 3.37. The third-order valence-electron chi connectivity index (χ3n) is 3.93. The maximum absolute atomic E-state index is 12.2. The van der Waals surface area contributed by atoms with Crippen LogP contribution in [-0.4, -0.2) is 25.7 Å². The maximum Gasteiger partial charge on any atom is 0.311 e. The van der Waals surface area contributed by atoms with E-state index in [1.807, 2.05) is 13.8 Å². The minimum atomic E-state index is -0.370. The zero-order chi connectivity index (χ0) is 13.8. The van der Waals surface area contributed by atoms with Gasteiger partial charge in [0, 0.05) is 0 Å². The van der Waals surface area contributed by atoms with Crippen LogP contribution in [0.5, 0.6) is 0 Å².